The number of pyridine rings is 1. The van der Waals surface area contributed by atoms with E-state index in [0.29, 0.717) is 19.5 Å². The van der Waals surface area contributed by atoms with Gasteiger partial charge in [-0.3, -0.25) is 9.78 Å². The van der Waals surface area contributed by atoms with Gasteiger partial charge < -0.3 is 9.64 Å². The molecule has 4 rings (SSSR count). The third-order valence-corrected chi connectivity index (χ3v) is 4.50. The molecule has 0 N–H and O–H groups in total. The fourth-order valence-corrected chi connectivity index (χ4v) is 3.28. The van der Waals surface area contributed by atoms with Crippen molar-refractivity contribution in [1.82, 2.24) is 9.88 Å². The highest BCUT2D eigenvalue weighted by molar-refractivity contribution is 5.85. The van der Waals surface area contributed by atoms with Gasteiger partial charge in [-0.2, -0.15) is 0 Å². The van der Waals surface area contributed by atoms with Gasteiger partial charge in [0.2, 0.25) is 0 Å². The molecule has 1 aromatic carbocycles. The summed E-state index contributed by atoms with van der Waals surface area (Å²) in [5, 5.41) is 0. The second kappa shape index (κ2) is 6.07. The minimum atomic E-state index is -0.631. The Morgan fingerprint density at radius 3 is 2.88 bits per heavy atom. The van der Waals surface area contributed by atoms with Crippen LogP contribution in [0.4, 0.5) is 4.39 Å². The van der Waals surface area contributed by atoms with Gasteiger partial charge >= 0.3 is 0 Å². The van der Waals surface area contributed by atoms with E-state index in [1.54, 1.807) is 23.4 Å². The van der Waals surface area contributed by atoms with E-state index in [1.807, 2.05) is 18.2 Å². The van der Waals surface area contributed by atoms with Crippen molar-refractivity contribution in [2.75, 3.05) is 13.1 Å². The number of carbonyl (C=O) groups excluding carboxylic acids is 1. The molecule has 0 aliphatic carbocycles. The number of ether oxygens (including phenoxy) is 1. The third-order valence-electron chi connectivity index (χ3n) is 4.50. The van der Waals surface area contributed by atoms with Crippen molar-refractivity contribution >= 4 is 11.5 Å². The van der Waals surface area contributed by atoms with Crippen LogP contribution in [0.1, 0.15) is 17.5 Å². The monoisotopic (exact) mass is 324 g/mol. The molecule has 3 heterocycles. The Hall–Kier alpha value is -2.69. The van der Waals surface area contributed by atoms with Crippen molar-refractivity contribution in [3.8, 4) is 5.75 Å². The lowest BCUT2D eigenvalue weighted by Crippen LogP contribution is -2.43. The van der Waals surface area contributed by atoms with Crippen LogP contribution in [0.5, 0.6) is 5.75 Å². The van der Waals surface area contributed by atoms with E-state index in [2.05, 4.69) is 11.1 Å². The fourth-order valence-electron chi connectivity index (χ4n) is 3.28. The Morgan fingerprint density at radius 2 is 2.08 bits per heavy atom. The Kier molecular flexibility index (Phi) is 3.76. The van der Waals surface area contributed by atoms with Crippen LogP contribution in [0.2, 0.25) is 0 Å². The van der Waals surface area contributed by atoms with Gasteiger partial charge in [0.15, 0.2) is 17.7 Å². The number of rotatable bonds is 2. The molecule has 0 saturated heterocycles. The molecule has 2 aliphatic rings. The number of aromatic nitrogens is 1. The Morgan fingerprint density at radius 1 is 1.25 bits per heavy atom. The first-order valence-electron chi connectivity index (χ1n) is 8.04. The number of fused-ring (bicyclic) bond motifs is 1. The lowest BCUT2D eigenvalue weighted by atomic mass is 10.0. The van der Waals surface area contributed by atoms with Crippen LogP contribution in [0.15, 0.2) is 48.8 Å². The molecule has 2 aromatic rings. The summed E-state index contributed by atoms with van der Waals surface area (Å²) in [4.78, 5) is 18.6. The molecule has 5 heteroatoms. The number of amides is 1. The Labute approximate surface area is 139 Å². The maximum Gasteiger partial charge on any atom is 0.264 e. The molecule has 0 saturated carbocycles. The first kappa shape index (κ1) is 14.9. The number of benzene rings is 1. The maximum atomic E-state index is 13.8. The zero-order chi connectivity index (χ0) is 16.5. The average Bonchev–Trinajstić information content (AvgIpc) is 3.08. The van der Waals surface area contributed by atoms with Gasteiger partial charge in [0.05, 0.1) is 0 Å². The van der Waals surface area contributed by atoms with E-state index < -0.39 is 11.9 Å². The molecule has 0 spiro atoms. The van der Waals surface area contributed by atoms with Crippen LogP contribution in [0.25, 0.3) is 5.57 Å². The van der Waals surface area contributed by atoms with Crippen molar-refractivity contribution in [1.29, 1.82) is 0 Å². The molecule has 1 atom stereocenters. The zero-order valence-corrected chi connectivity index (χ0v) is 13.1. The largest absolute Gasteiger partial charge is 0.477 e. The summed E-state index contributed by atoms with van der Waals surface area (Å²) < 4.78 is 19.4. The minimum Gasteiger partial charge on any atom is -0.477 e. The lowest BCUT2D eigenvalue weighted by molar-refractivity contribution is -0.137. The number of hydrogen-bond donors (Lipinski definition) is 0. The van der Waals surface area contributed by atoms with Crippen LogP contribution in [-0.2, 0) is 11.2 Å². The standard InChI is InChI=1S/C19H17FN2O2/c20-16-5-1-3-14-11-17(24-18(14)16)19(23)22-10-2-4-15(12-22)13-6-8-21-9-7-13/h1,3-9,17H,2,10-12H2. The van der Waals surface area contributed by atoms with Gasteiger partial charge in [0.25, 0.3) is 5.91 Å². The van der Waals surface area contributed by atoms with Crippen LogP contribution in [-0.4, -0.2) is 35.0 Å². The molecule has 0 radical (unpaired) electrons. The topological polar surface area (TPSA) is 42.4 Å². The third kappa shape index (κ3) is 2.66. The molecule has 1 aromatic heterocycles. The second-order valence-electron chi connectivity index (χ2n) is 6.05. The van der Waals surface area contributed by atoms with E-state index in [1.165, 1.54) is 6.07 Å². The van der Waals surface area contributed by atoms with Crippen molar-refractivity contribution in [2.24, 2.45) is 0 Å². The van der Waals surface area contributed by atoms with Crippen molar-refractivity contribution in [2.45, 2.75) is 18.9 Å². The number of hydrogen-bond acceptors (Lipinski definition) is 3. The molecular weight excluding hydrogens is 307 g/mol. The van der Waals surface area contributed by atoms with Gasteiger partial charge in [-0.25, -0.2) is 4.39 Å². The number of carbonyl (C=O) groups is 1. The number of nitrogens with zero attached hydrogens (tertiary/aromatic N) is 2. The van der Waals surface area contributed by atoms with Crippen molar-refractivity contribution < 1.29 is 13.9 Å². The van der Waals surface area contributed by atoms with Gasteiger partial charge in [-0.15, -0.1) is 0 Å². The van der Waals surface area contributed by atoms with E-state index in [9.17, 15) is 9.18 Å². The van der Waals surface area contributed by atoms with Gasteiger partial charge in [-0.1, -0.05) is 18.2 Å². The van der Waals surface area contributed by atoms with E-state index in [4.69, 9.17) is 4.74 Å². The highest BCUT2D eigenvalue weighted by Gasteiger charge is 2.34. The highest BCUT2D eigenvalue weighted by Crippen LogP contribution is 2.32. The quantitative estimate of drug-likeness (QED) is 0.853. The molecule has 24 heavy (non-hydrogen) atoms. The molecule has 0 bridgehead atoms. The normalized spacial score (nSPS) is 19.5. The molecular formula is C19H17FN2O2. The van der Waals surface area contributed by atoms with Crippen molar-refractivity contribution in [3.63, 3.8) is 0 Å². The second-order valence-corrected chi connectivity index (χ2v) is 6.05. The summed E-state index contributed by atoms with van der Waals surface area (Å²) in [6, 6.07) is 8.70. The van der Waals surface area contributed by atoms with Crippen molar-refractivity contribution in [3.05, 3.63) is 65.7 Å². The predicted octanol–water partition coefficient (Wildman–Crippen LogP) is 2.84. The summed E-state index contributed by atoms with van der Waals surface area (Å²) in [5.41, 5.74) is 2.94. The summed E-state index contributed by atoms with van der Waals surface area (Å²) >= 11 is 0. The maximum absolute atomic E-state index is 13.8. The number of para-hydroxylation sites is 1. The van der Waals surface area contributed by atoms with Crippen LogP contribution < -0.4 is 4.74 Å². The molecule has 2 aliphatic heterocycles. The first-order valence-corrected chi connectivity index (χ1v) is 8.04. The van der Waals surface area contributed by atoms with Crippen LogP contribution in [0.3, 0.4) is 0 Å². The summed E-state index contributed by atoms with van der Waals surface area (Å²) in [5.74, 6) is -0.262. The highest BCUT2D eigenvalue weighted by atomic mass is 19.1. The molecule has 1 unspecified atom stereocenters. The lowest BCUT2D eigenvalue weighted by Gasteiger charge is -2.29. The predicted molar refractivity (Wildman–Crippen MR) is 87.9 cm³/mol. The summed E-state index contributed by atoms with van der Waals surface area (Å²) in [7, 11) is 0. The van der Waals surface area contributed by atoms with E-state index in [-0.39, 0.29) is 11.7 Å². The van der Waals surface area contributed by atoms with Gasteiger partial charge in [-0.05, 0) is 35.8 Å². The molecule has 122 valence electrons. The zero-order valence-electron chi connectivity index (χ0n) is 13.1. The minimum absolute atomic E-state index is 0.0785. The molecule has 0 fully saturated rings. The van der Waals surface area contributed by atoms with E-state index >= 15 is 0 Å². The average molecular weight is 324 g/mol. The van der Waals surface area contributed by atoms with Gasteiger partial charge in [0.1, 0.15) is 0 Å². The van der Waals surface area contributed by atoms with Crippen LogP contribution in [0, 0.1) is 5.82 Å². The first-order chi connectivity index (χ1) is 11.7. The van der Waals surface area contributed by atoms with Gasteiger partial charge in [0, 0.05) is 37.5 Å². The summed E-state index contributed by atoms with van der Waals surface area (Å²) in [6.45, 7) is 1.20. The Bertz CT molecular complexity index is 804. The van der Waals surface area contributed by atoms with Crippen LogP contribution >= 0.6 is 0 Å². The van der Waals surface area contributed by atoms with E-state index in [0.717, 1.165) is 23.1 Å². The molecule has 1 amide bonds. The SMILES string of the molecule is O=C(C1Cc2cccc(F)c2O1)N1CCC=C(c2ccncc2)C1. The summed E-state index contributed by atoms with van der Waals surface area (Å²) in [6.07, 6.45) is 6.25. The molecule has 4 nitrogen and oxygen atoms in total. The Balaban J connectivity index is 1.49. The smallest absolute Gasteiger partial charge is 0.264 e. The fraction of sp³-hybridized carbons (Fsp3) is 0.263. The number of halogens is 1.